The van der Waals surface area contributed by atoms with Gasteiger partial charge in [-0.2, -0.15) is 0 Å². The molecule has 0 spiro atoms. The molecule has 98 valence electrons. The number of piperidine rings is 1. The first-order chi connectivity index (χ1) is 8.74. The molecule has 1 fully saturated rings. The Kier molecular flexibility index (Phi) is 3.06. The molecule has 3 aliphatic rings. The molecule has 0 amide bonds. The maximum Gasteiger partial charge on any atom is 0.0503 e. The Bertz CT molecular complexity index is 436. The molecule has 1 saturated heterocycles. The molecular formula is C16H24N2. The summed E-state index contributed by atoms with van der Waals surface area (Å²) in [5.41, 5.74) is 6.37. The van der Waals surface area contributed by atoms with Gasteiger partial charge in [0.25, 0.3) is 0 Å². The molecule has 0 aromatic heterocycles. The second-order valence-corrected chi connectivity index (χ2v) is 5.82. The van der Waals surface area contributed by atoms with E-state index in [1.165, 1.54) is 37.9 Å². The van der Waals surface area contributed by atoms with Crippen LogP contribution in [0.15, 0.2) is 34.6 Å². The molecule has 2 atom stereocenters. The van der Waals surface area contributed by atoms with Crippen molar-refractivity contribution in [3.63, 3.8) is 0 Å². The zero-order valence-corrected chi connectivity index (χ0v) is 11.8. The maximum absolute atomic E-state index is 3.57. The van der Waals surface area contributed by atoms with Crippen molar-refractivity contribution < 1.29 is 0 Å². The number of allylic oxidation sites excluding steroid dienone is 4. The van der Waals surface area contributed by atoms with Crippen LogP contribution in [-0.4, -0.2) is 31.1 Å². The van der Waals surface area contributed by atoms with Gasteiger partial charge in [-0.3, -0.25) is 0 Å². The van der Waals surface area contributed by atoms with Crippen LogP contribution in [0, 0.1) is 5.92 Å². The summed E-state index contributed by atoms with van der Waals surface area (Å²) in [6, 6.07) is 0.594. The average molecular weight is 244 g/mol. The second-order valence-electron chi connectivity index (χ2n) is 5.82. The van der Waals surface area contributed by atoms with E-state index in [2.05, 4.69) is 43.4 Å². The van der Waals surface area contributed by atoms with Crippen LogP contribution in [0.4, 0.5) is 0 Å². The highest BCUT2D eigenvalue weighted by Gasteiger charge is 2.37. The van der Waals surface area contributed by atoms with Crippen molar-refractivity contribution in [2.24, 2.45) is 5.92 Å². The molecular weight excluding hydrogens is 220 g/mol. The van der Waals surface area contributed by atoms with Crippen LogP contribution in [-0.2, 0) is 0 Å². The Balaban J connectivity index is 1.95. The van der Waals surface area contributed by atoms with E-state index in [4.69, 9.17) is 0 Å². The number of nitrogens with one attached hydrogen (secondary N) is 1. The minimum absolute atomic E-state index is 0.594. The fourth-order valence-corrected chi connectivity index (χ4v) is 3.66. The van der Waals surface area contributed by atoms with Gasteiger partial charge in [0, 0.05) is 13.6 Å². The summed E-state index contributed by atoms with van der Waals surface area (Å²) in [7, 11) is 2.22. The molecule has 0 radical (unpaired) electrons. The van der Waals surface area contributed by atoms with Crippen molar-refractivity contribution in [3.05, 3.63) is 34.6 Å². The molecule has 1 aliphatic carbocycles. The molecule has 2 heterocycles. The van der Waals surface area contributed by atoms with Gasteiger partial charge in [0.2, 0.25) is 0 Å². The van der Waals surface area contributed by atoms with E-state index in [1.807, 2.05) is 0 Å². The lowest BCUT2D eigenvalue weighted by molar-refractivity contribution is 0.312. The van der Waals surface area contributed by atoms with Gasteiger partial charge in [0.05, 0.1) is 6.04 Å². The Hall–Kier alpha value is -1.02. The van der Waals surface area contributed by atoms with E-state index in [1.54, 1.807) is 16.7 Å². The largest absolute Gasteiger partial charge is 0.374 e. The third-order valence-corrected chi connectivity index (χ3v) is 4.72. The first kappa shape index (κ1) is 12.0. The lowest BCUT2D eigenvalue weighted by Gasteiger charge is -2.34. The third kappa shape index (κ3) is 1.83. The maximum atomic E-state index is 3.57. The van der Waals surface area contributed by atoms with Crippen molar-refractivity contribution in [2.75, 3.05) is 20.1 Å². The number of hydrogen-bond acceptors (Lipinski definition) is 2. The van der Waals surface area contributed by atoms with Gasteiger partial charge in [0.15, 0.2) is 0 Å². The summed E-state index contributed by atoms with van der Waals surface area (Å²) in [5.74, 6) is 0.744. The van der Waals surface area contributed by atoms with E-state index in [0.717, 1.165) is 5.92 Å². The van der Waals surface area contributed by atoms with Gasteiger partial charge in [-0.05, 0) is 73.2 Å². The highest BCUT2D eigenvalue weighted by atomic mass is 15.1. The van der Waals surface area contributed by atoms with Crippen molar-refractivity contribution >= 4 is 0 Å². The molecule has 2 aliphatic heterocycles. The minimum atomic E-state index is 0.594. The minimum Gasteiger partial charge on any atom is -0.374 e. The summed E-state index contributed by atoms with van der Waals surface area (Å²) in [6.45, 7) is 6.96. The predicted octanol–water partition coefficient (Wildman–Crippen LogP) is 2.85. The topological polar surface area (TPSA) is 15.3 Å². The van der Waals surface area contributed by atoms with E-state index in [9.17, 15) is 0 Å². The molecule has 2 nitrogen and oxygen atoms in total. The van der Waals surface area contributed by atoms with E-state index in [-0.39, 0.29) is 0 Å². The molecule has 3 rings (SSSR count). The van der Waals surface area contributed by atoms with Crippen LogP contribution < -0.4 is 5.32 Å². The normalized spacial score (nSPS) is 31.6. The fraction of sp³-hybridized carbons (Fsp3) is 0.625. The summed E-state index contributed by atoms with van der Waals surface area (Å²) >= 11 is 0. The monoisotopic (exact) mass is 244 g/mol. The van der Waals surface area contributed by atoms with Crippen molar-refractivity contribution in [1.29, 1.82) is 0 Å². The van der Waals surface area contributed by atoms with E-state index >= 15 is 0 Å². The predicted molar refractivity (Wildman–Crippen MR) is 76.3 cm³/mol. The summed E-state index contributed by atoms with van der Waals surface area (Å²) < 4.78 is 0. The fourth-order valence-electron chi connectivity index (χ4n) is 3.66. The first-order valence-corrected chi connectivity index (χ1v) is 7.30. The van der Waals surface area contributed by atoms with Crippen LogP contribution in [0.2, 0.25) is 0 Å². The molecule has 0 aromatic carbocycles. The van der Waals surface area contributed by atoms with Crippen LogP contribution in [0.5, 0.6) is 0 Å². The van der Waals surface area contributed by atoms with Gasteiger partial charge < -0.3 is 10.2 Å². The van der Waals surface area contributed by atoms with Gasteiger partial charge in [0.1, 0.15) is 0 Å². The van der Waals surface area contributed by atoms with Crippen LogP contribution >= 0.6 is 0 Å². The number of fused-ring (bicyclic) bond motifs is 1. The Morgan fingerprint density at radius 1 is 1.44 bits per heavy atom. The summed E-state index contributed by atoms with van der Waals surface area (Å²) in [4.78, 5) is 2.41. The van der Waals surface area contributed by atoms with E-state index < -0.39 is 0 Å². The number of likely N-dealkylation sites (N-methyl/N-ethyl adjacent to an activating group) is 1. The van der Waals surface area contributed by atoms with Crippen molar-refractivity contribution in [3.8, 4) is 0 Å². The smallest absolute Gasteiger partial charge is 0.0503 e. The Labute approximate surface area is 110 Å². The quantitative estimate of drug-likeness (QED) is 0.803. The SMILES string of the molecule is CCC1C(C2CCCNC2)=C2C(C)=C2C=CN1C. The summed E-state index contributed by atoms with van der Waals surface area (Å²) in [5, 5.41) is 3.57. The number of nitrogens with zero attached hydrogens (tertiary/aromatic N) is 1. The molecule has 2 unspecified atom stereocenters. The Morgan fingerprint density at radius 2 is 2.28 bits per heavy atom. The average Bonchev–Trinajstić information content (AvgIpc) is 3.06. The van der Waals surface area contributed by atoms with Gasteiger partial charge >= 0.3 is 0 Å². The standard InChI is InChI=1S/C16H24N2/c1-4-14-16(12-6-5-8-17-10-12)15-11(2)13(15)7-9-18(14)3/h7,9,12,14,17H,4-6,8,10H2,1-3H3. The summed E-state index contributed by atoms with van der Waals surface area (Å²) in [6.07, 6.45) is 8.46. The zero-order valence-electron chi connectivity index (χ0n) is 11.8. The number of hydrogen-bond donors (Lipinski definition) is 1. The highest BCUT2D eigenvalue weighted by molar-refractivity contribution is 5.73. The molecule has 0 bridgehead atoms. The second kappa shape index (κ2) is 4.58. The van der Waals surface area contributed by atoms with Gasteiger partial charge in [-0.1, -0.05) is 6.92 Å². The van der Waals surface area contributed by atoms with Gasteiger partial charge in [-0.25, -0.2) is 0 Å². The molecule has 1 N–H and O–H groups in total. The molecule has 18 heavy (non-hydrogen) atoms. The first-order valence-electron chi connectivity index (χ1n) is 7.30. The van der Waals surface area contributed by atoms with Crippen molar-refractivity contribution in [1.82, 2.24) is 10.2 Å². The van der Waals surface area contributed by atoms with Gasteiger partial charge in [-0.15, -0.1) is 0 Å². The van der Waals surface area contributed by atoms with Crippen LogP contribution in [0.25, 0.3) is 0 Å². The third-order valence-electron chi connectivity index (χ3n) is 4.72. The molecule has 2 heteroatoms. The molecule has 0 aromatic rings. The van der Waals surface area contributed by atoms with Crippen molar-refractivity contribution in [2.45, 2.75) is 39.2 Å². The lowest BCUT2D eigenvalue weighted by Crippen LogP contribution is -2.38. The van der Waals surface area contributed by atoms with E-state index in [0.29, 0.717) is 6.04 Å². The Morgan fingerprint density at radius 3 is 2.94 bits per heavy atom. The lowest BCUT2D eigenvalue weighted by atomic mass is 9.84. The molecule has 0 saturated carbocycles. The van der Waals surface area contributed by atoms with Crippen LogP contribution in [0.3, 0.4) is 0 Å². The number of rotatable bonds is 2. The highest BCUT2D eigenvalue weighted by Crippen LogP contribution is 2.47. The van der Waals surface area contributed by atoms with Crippen LogP contribution in [0.1, 0.15) is 33.1 Å². The zero-order chi connectivity index (χ0) is 12.7.